The summed E-state index contributed by atoms with van der Waals surface area (Å²) < 4.78 is 5.28. The van der Waals surface area contributed by atoms with E-state index in [-0.39, 0.29) is 13.4 Å². The molecule has 12 aromatic rings. The zero-order chi connectivity index (χ0) is 35.7. The average Bonchev–Trinajstić information content (AvgIpc) is 3.98. The number of nitrogens with zero attached hydrogens (tertiary/aromatic N) is 2. The molecule has 56 heavy (non-hydrogen) atoms. The monoisotopic (exact) mass is 700 g/mol. The molecule has 0 bridgehead atoms. The lowest BCUT2D eigenvalue weighted by Gasteiger charge is -2.30. The number of hydrogen-bond donors (Lipinski definition) is 0. The highest BCUT2D eigenvalue weighted by atomic mass is 15.0. The second kappa shape index (κ2) is 8.91. The van der Waals surface area contributed by atoms with Gasteiger partial charge in [0.05, 0.1) is 11.0 Å². The first-order chi connectivity index (χ1) is 27.8. The molecule has 0 N–H and O–H groups in total. The lowest BCUT2D eigenvalue weighted by atomic mass is 9.37. The van der Waals surface area contributed by atoms with Crippen molar-refractivity contribution in [1.29, 1.82) is 0 Å². The van der Waals surface area contributed by atoms with Crippen molar-refractivity contribution in [2.75, 3.05) is 0 Å². The van der Waals surface area contributed by atoms with Crippen LogP contribution in [-0.4, -0.2) is 22.6 Å². The molecule has 2 aromatic heterocycles. The molecule has 4 aliphatic heterocycles. The summed E-state index contributed by atoms with van der Waals surface area (Å²) in [7, 11) is 0. The number of fused-ring (bicyclic) bond motifs is 20. The molecule has 0 radical (unpaired) electrons. The Morgan fingerprint density at radius 2 is 0.750 bits per heavy atom. The van der Waals surface area contributed by atoms with Crippen molar-refractivity contribution in [2.24, 2.45) is 0 Å². The van der Waals surface area contributed by atoms with E-state index >= 15 is 0 Å². The van der Waals surface area contributed by atoms with Gasteiger partial charge >= 0.3 is 0 Å². The van der Waals surface area contributed by atoms with Crippen LogP contribution in [0.15, 0.2) is 158 Å². The Kier molecular flexibility index (Phi) is 4.38. The molecule has 0 saturated heterocycles. The van der Waals surface area contributed by atoms with E-state index in [2.05, 4.69) is 167 Å². The molecule has 4 heteroatoms. The van der Waals surface area contributed by atoms with Crippen molar-refractivity contribution >= 4 is 122 Å². The summed E-state index contributed by atoms with van der Waals surface area (Å²) in [5, 5.41) is 13.4. The van der Waals surface area contributed by atoms with E-state index in [9.17, 15) is 0 Å². The predicted octanol–water partition coefficient (Wildman–Crippen LogP) is 8.40. The third kappa shape index (κ3) is 2.78. The van der Waals surface area contributed by atoms with Crippen LogP contribution in [0.4, 0.5) is 0 Å². The fourth-order valence-electron chi connectivity index (χ4n) is 12.5. The largest absolute Gasteiger partial charge is 0.310 e. The van der Waals surface area contributed by atoms with Crippen LogP contribution in [0.25, 0.3) is 110 Å². The van der Waals surface area contributed by atoms with Crippen molar-refractivity contribution in [2.45, 2.75) is 0 Å². The number of benzene rings is 10. The second-order valence-electron chi connectivity index (χ2n) is 16.6. The fourth-order valence-corrected chi connectivity index (χ4v) is 12.5. The molecule has 0 amide bonds. The van der Waals surface area contributed by atoms with Crippen molar-refractivity contribution in [3.8, 4) is 33.6 Å². The first-order valence-electron chi connectivity index (χ1n) is 19.9. The molecule has 250 valence electrons. The van der Waals surface area contributed by atoms with Crippen LogP contribution in [0.3, 0.4) is 0 Å². The van der Waals surface area contributed by atoms with Crippen LogP contribution in [0.1, 0.15) is 0 Å². The van der Waals surface area contributed by atoms with Gasteiger partial charge in [-0.2, -0.15) is 0 Å². The lowest BCUT2D eigenvalue weighted by molar-refractivity contribution is 1.21. The fraction of sp³-hybridized carbons (Fsp3) is 0. The van der Waals surface area contributed by atoms with E-state index in [0.717, 1.165) is 0 Å². The third-order valence-electron chi connectivity index (χ3n) is 14.4. The molecule has 10 aromatic carbocycles. The van der Waals surface area contributed by atoms with Crippen LogP contribution >= 0.6 is 0 Å². The van der Waals surface area contributed by atoms with Gasteiger partial charge in [0.15, 0.2) is 0 Å². The lowest BCUT2D eigenvalue weighted by Crippen LogP contribution is -2.53. The van der Waals surface area contributed by atoms with Gasteiger partial charge in [0.2, 0.25) is 13.4 Å². The Morgan fingerprint density at radius 3 is 1.25 bits per heavy atom. The Morgan fingerprint density at radius 1 is 0.321 bits per heavy atom. The predicted molar refractivity (Wildman–Crippen MR) is 239 cm³/mol. The van der Waals surface area contributed by atoms with E-state index < -0.39 is 0 Å². The molecule has 0 atom stereocenters. The van der Waals surface area contributed by atoms with Gasteiger partial charge in [-0.1, -0.05) is 157 Å². The molecule has 6 heterocycles. The summed E-state index contributed by atoms with van der Waals surface area (Å²) in [6.45, 7) is 0.387. The van der Waals surface area contributed by atoms with Crippen LogP contribution in [-0.2, 0) is 0 Å². The van der Waals surface area contributed by atoms with Gasteiger partial charge < -0.3 is 9.13 Å². The summed E-state index contributed by atoms with van der Waals surface area (Å²) >= 11 is 0. The maximum atomic E-state index is 2.64. The van der Waals surface area contributed by atoms with Crippen LogP contribution in [0, 0.1) is 0 Å². The minimum Gasteiger partial charge on any atom is -0.310 e. The molecule has 0 aliphatic carbocycles. The van der Waals surface area contributed by atoms with E-state index in [1.54, 1.807) is 0 Å². The van der Waals surface area contributed by atoms with Crippen molar-refractivity contribution in [1.82, 2.24) is 9.13 Å². The molecule has 0 saturated carbocycles. The highest BCUT2D eigenvalue weighted by Crippen LogP contribution is 2.46. The van der Waals surface area contributed by atoms with Crippen molar-refractivity contribution in [3.05, 3.63) is 158 Å². The average molecular weight is 700 g/mol. The summed E-state index contributed by atoms with van der Waals surface area (Å²) in [4.78, 5) is 0. The standard InChI is InChI=1S/C52H26B2N2/c1-5-13-39-29(9-1)33-21-23-35-31-11-3-7-15-43(31)55-49-37-19-18-28-26-42-50(38-20-17-27(45(37)46(28)38)25-41(49)53(39)47(33)51(35)55)56-44-16-8-4-12-32(44)36-24-22-34-30-10-2-6-14-40(30)54(42)48(34)52(36)56/h1-26H. The maximum Gasteiger partial charge on any atom is 0.248 e. The molecule has 4 aliphatic rings. The Hall–Kier alpha value is -7.03. The van der Waals surface area contributed by atoms with Crippen LogP contribution in [0.5, 0.6) is 0 Å². The summed E-state index contributed by atoms with van der Waals surface area (Å²) in [5.74, 6) is 0. The minimum atomic E-state index is 0.194. The van der Waals surface area contributed by atoms with E-state index in [1.165, 1.54) is 142 Å². The number of para-hydroxylation sites is 2. The van der Waals surface area contributed by atoms with Gasteiger partial charge in [-0.3, -0.25) is 0 Å². The molecule has 0 spiro atoms. The van der Waals surface area contributed by atoms with Gasteiger partial charge in [-0.05, 0) is 77.8 Å². The highest BCUT2D eigenvalue weighted by molar-refractivity contribution is 7.02. The van der Waals surface area contributed by atoms with Crippen molar-refractivity contribution < 1.29 is 0 Å². The van der Waals surface area contributed by atoms with Gasteiger partial charge in [0, 0.05) is 54.7 Å². The highest BCUT2D eigenvalue weighted by Gasteiger charge is 2.44. The quantitative estimate of drug-likeness (QED) is 0.111. The normalized spacial score (nSPS) is 14.0. The minimum absolute atomic E-state index is 0.194. The first-order valence-corrected chi connectivity index (χ1v) is 19.9. The smallest absolute Gasteiger partial charge is 0.248 e. The molecule has 2 nitrogen and oxygen atoms in total. The topological polar surface area (TPSA) is 9.86 Å². The Balaban J connectivity index is 1.10. The summed E-state index contributed by atoms with van der Waals surface area (Å²) in [5.41, 5.74) is 22.1. The van der Waals surface area contributed by atoms with Crippen molar-refractivity contribution in [3.63, 3.8) is 0 Å². The van der Waals surface area contributed by atoms with E-state index in [0.29, 0.717) is 0 Å². The number of rotatable bonds is 0. The van der Waals surface area contributed by atoms with Gasteiger partial charge in [-0.15, -0.1) is 0 Å². The van der Waals surface area contributed by atoms with E-state index in [1.807, 2.05) is 0 Å². The molecule has 0 unspecified atom stereocenters. The number of aromatic nitrogens is 2. The van der Waals surface area contributed by atoms with E-state index in [4.69, 9.17) is 0 Å². The van der Waals surface area contributed by atoms with Gasteiger partial charge in [0.25, 0.3) is 0 Å². The zero-order valence-corrected chi connectivity index (χ0v) is 30.1. The summed E-state index contributed by atoms with van der Waals surface area (Å²) in [6, 6.07) is 60.8. The van der Waals surface area contributed by atoms with Gasteiger partial charge in [0.1, 0.15) is 0 Å². The molecule has 16 rings (SSSR count). The maximum absolute atomic E-state index is 2.64. The molecule has 0 fully saturated rings. The Labute approximate surface area is 321 Å². The number of hydrogen-bond acceptors (Lipinski definition) is 0. The van der Waals surface area contributed by atoms with Gasteiger partial charge in [-0.25, -0.2) is 0 Å². The van der Waals surface area contributed by atoms with Crippen LogP contribution < -0.4 is 32.8 Å². The second-order valence-corrected chi connectivity index (χ2v) is 16.6. The SMILES string of the molecule is c1ccc2c(c1)B1c3cc4ccc5c6c(cc7ccc(c3-n3c8ccccc8c8ccc-2c1c83)c4c75)B1c2ccccc2-c2ccc3c4ccccc4n-6c3c21. The Bertz CT molecular complexity index is 3650. The zero-order valence-electron chi connectivity index (χ0n) is 30.1. The third-order valence-corrected chi connectivity index (χ3v) is 14.4. The summed E-state index contributed by atoms with van der Waals surface area (Å²) in [6.07, 6.45) is 0. The molecular weight excluding hydrogens is 674 g/mol. The van der Waals surface area contributed by atoms with Crippen LogP contribution in [0.2, 0.25) is 0 Å². The molecular formula is C52H26B2N2. The first kappa shape index (κ1) is 27.5.